The maximum atomic E-state index is 5.28. The van der Waals surface area contributed by atoms with Gasteiger partial charge in [0.2, 0.25) is 0 Å². The zero-order valence-electron chi connectivity index (χ0n) is 36.6. The summed E-state index contributed by atoms with van der Waals surface area (Å²) < 4.78 is 2.61. The number of thiophene rings is 1. The van der Waals surface area contributed by atoms with Gasteiger partial charge >= 0.3 is 0 Å². The molecule has 9 aromatic carbocycles. The van der Waals surface area contributed by atoms with E-state index in [1.54, 1.807) is 0 Å². The number of hydrogen-bond acceptors (Lipinski definition) is 5. The van der Waals surface area contributed by atoms with E-state index in [0.717, 1.165) is 56.0 Å². The Kier molecular flexibility index (Phi) is 10.5. The fraction of sp³-hybridized carbons (Fsp3) is 0.0323. The molecule has 318 valence electrons. The second kappa shape index (κ2) is 17.5. The van der Waals surface area contributed by atoms with Crippen LogP contribution in [0.3, 0.4) is 0 Å². The van der Waals surface area contributed by atoms with Gasteiger partial charge in [0.1, 0.15) is 12.0 Å². The van der Waals surface area contributed by atoms with Crippen LogP contribution in [0.4, 0.5) is 0 Å². The van der Waals surface area contributed by atoms with Gasteiger partial charge in [-0.05, 0) is 61.7 Å². The first-order chi connectivity index (χ1) is 33.2. The Bertz CT molecular complexity index is 3520. The third-order valence-corrected chi connectivity index (χ3v) is 14.1. The normalized spacial score (nSPS) is 16.1. The predicted molar refractivity (Wildman–Crippen MR) is 282 cm³/mol. The average Bonchev–Trinajstić information content (AvgIpc) is 3.81. The van der Waals surface area contributed by atoms with E-state index in [0.29, 0.717) is 5.84 Å². The SMILES string of the molecule is c1ccc(C2=C(c3ccccc3)C(c3ccc(C4=NC(c5ccccc5)NC(c5ccc(-c6cccc7c6sc6ccccc67)cc5)=N4)cc3)=C(c3ccccc3)C(c3ccccc3)N2)cc1. The van der Waals surface area contributed by atoms with Crippen LogP contribution in [0.1, 0.15) is 56.7 Å². The number of hydrogen-bond donors (Lipinski definition) is 2. The molecule has 4 nitrogen and oxygen atoms in total. The molecular weight excluding hydrogens is 833 g/mol. The Balaban J connectivity index is 0.985. The molecule has 67 heavy (non-hydrogen) atoms. The fourth-order valence-corrected chi connectivity index (χ4v) is 10.9. The summed E-state index contributed by atoms with van der Waals surface area (Å²) in [6.45, 7) is 0. The van der Waals surface area contributed by atoms with Crippen molar-refractivity contribution in [2.24, 2.45) is 9.98 Å². The van der Waals surface area contributed by atoms with Gasteiger partial charge in [-0.3, -0.25) is 0 Å². The van der Waals surface area contributed by atoms with Gasteiger partial charge in [0, 0.05) is 36.9 Å². The highest BCUT2D eigenvalue weighted by Gasteiger charge is 2.33. The van der Waals surface area contributed by atoms with Gasteiger partial charge in [0.05, 0.1) is 11.7 Å². The predicted octanol–water partition coefficient (Wildman–Crippen LogP) is 15.0. The quantitative estimate of drug-likeness (QED) is 0.152. The third-order valence-electron chi connectivity index (χ3n) is 12.9. The first kappa shape index (κ1) is 40.2. The molecule has 2 aliphatic heterocycles. The minimum Gasteiger partial charge on any atom is -0.373 e. The molecular formula is C62H44N4S. The molecule has 0 spiro atoms. The minimum atomic E-state index is -0.320. The highest BCUT2D eigenvalue weighted by Crippen LogP contribution is 2.50. The van der Waals surface area contributed by atoms with Crippen molar-refractivity contribution < 1.29 is 0 Å². The summed E-state index contributed by atoms with van der Waals surface area (Å²) in [5.41, 5.74) is 15.8. The van der Waals surface area contributed by atoms with Gasteiger partial charge in [-0.15, -0.1) is 11.3 Å². The molecule has 0 saturated carbocycles. The smallest absolute Gasteiger partial charge is 0.159 e. The van der Waals surface area contributed by atoms with Crippen molar-refractivity contribution in [1.29, 1.82) is 0 Å². The number of fused-ring (bicyclic) bond motifs is 3. The maximum absolute atomic E-state index is 5.28. The van der Waals surface area contributed by atoms with E-state index in [1.807, 2.05) is 17.4 Å². The van der Waals surface area contributed by atoms with Crippen LogP contribution in [0, 0.1) is 0 Å². The van der Waals surface area contributed by atoms with Crippen LogP contribution in [-0.4, -0.2) is 11.7 Å². The average molecular weight is 877 g/mol. The number of rotatable bonds is 9. The van der Waals surface area contributed by atoms with Gasteiger partial charge in [-0.25, -0.2) is 9.98 Å². The molecule has 2 N–H and O–H groups in total. The number of allylic oxidation sites excluding steroid dienone is 2. The van der Waals surface area contributed by atoms with Crippen molar-refractivity contribution in [1.82, 2.24) is 10.6 Å². The second-order valence-corrected chi connectivity index (χ2v) is 18.0. The van der Waals surface area contributed by atoms with Gasteiger partial charge in [-0.2, -0.15) is 0 Å². The third kappa shape index (κ3) is 7.65. The van der Waals surface area contributed by atoms with Crippen molar-refractivity contribution in [2.75, 3.05) is 0 Å². The lowest BCUT2D eigenvalue weighted by molar-refractivity contribution is 0.674. The zero-order valence-corrected chi connectivity index (χ0v) is 37.4. The van der Waals surface area contributed by atoms with Crippen LogP contribution in [0.15, 0.2) is 253 Å². The fourth-order valence-electron chi connectivity index (χ4n) is 9.64. The number of dihydropyridines is 1. The molecule has 0 fully saturated rings. The van der Waals surface area contributed by atoms with Crippen LogP contribution < -0.4 is 10.6 Å². The lowest BCUT2D eigenvalue weighted by atomic mass is 9.77. The molecule has 0 aliphatic carbocycles. The van der Waals surface area contributed by atoms with Crippen LogP contribution in [-0.2, 0) is 0 Å². The molecule has 5 heteroatoms. The first-order valence-corrected chi connectivity index (χ1v) is 23.6. The first-order valence-electron chi connectivity index (χ1n) is 22.8. The number of nitrogens with one attached hydrogen (secondary N) is 2. The maximum Gasteiger partial charge on any atom is 0.159 e. The molecule has 12 rings (SSSR count). The molecule has 3 heterocycles. The van der Waals surface area contributed by atoms with E-state index in [-0.39, 0.29) is 12.2 Å². The molecule has 0 radical (unpaired) electrons. The van der Waals surface area contributed by atoms with Crippen molar-refractivity contribution in [3.05, 3.63) is 287 Å². The molecule has 0 amide bonds. The minimum absolute atomic E-state index is 0.127. The number of benzene rings is 9. The second-order valence-electron chi connectivity index (χ2n) is 16.9. The topological polar surface area (TPSA) is 48.8 Å². The highest BCUT2D eigenvalue weighted by molar-refractivity contribution is 7.26. The van der Waals surface area contributed by atoms with Crippen molar-refractivity contribution >= 4 is 65.6 Å². The Morgan fingerprint density at radius 1 is 0.373 bits per heavy atom. The van der Waals surface area contributed by atoms with E-state index in [4.69, 9.17) is 9.98 Å². The van der Waals surface area contributed by atoms with E-state index >= 15 is 0 Å². The van der Waals surface area contributed by atoms with Crippen LogP contribution in [0.5, 0.6) is 0 Å². The highest BCUT2D eigenvalue weighted by atomic mass is 32.1. The van der Waals surface area contributed by atoms with Crippen molar-refractivity contribution in [3.63, 3.8) is 0 Å². The molecule has 2 aliphatic rings. The van der Waals surface area contributed by atoms with Gasteiger partial charge < -0.3 is 10.6 Å². The molecule has 1 aromatic heterocycles. The largest absolute Gasteiger partial charge is 0.373 e. The van der Waals surface area contributed by atoms with E-state index in [1.165, 1.54) is 48.0 Å². The van der Waals surface area contributed by atoms with Crippen LogP contribution in [0.25, 0.3) is 53.7 Å². The van der Waals surface area contributed by atoms with Crippen molar-refractivity contribution in [3.8, 4) is 11.1 Å². The number of amidine groups is 2. The molecule has 2 unspecified atom stereocenters. The van der Waals surface area contributed by atoms with E-state index in [2.05, 4.69) is 247 Å². The van der Waals surface area contributed by atoms with Gasteiger partial charge in [0.25, 0.3) is 0 Å². The molecule has 2 atom stereocenters. The lowest BCUT2D eigenvalue weighted by Crippen LogP contribution is -2.33. The monoisotopic (exact) mass is 876 g/mol. The Hall–Kier alpha value is -8.38. The summed E-state index contributed by atoms with van der Waals surface area (Å²) in [6.07, 6.45) is -0.320. The lowest BCUT2D eigenvalue weighted by Gasteiger charge is -2.36. The molecule has 0 bridgehead atoms. The summed E-state index contributed by atoms with van der Waals surface area (Å²) >= 11 is 1.86. The van der Waals surface area contributed by atoms with E-state index in [9.17, 15) is 0 Å². The summed E-state index contributed by atoms with van der Waals surface area (Å²) in [6, 6.07) is 86.5. The Morgan fingerprint density at radius 3 is 1.58 bits per heavy atom. The zero-order chi connectivity index (χ0) is 44.5. The molecule has 0 saturated heterocycles. The standard InChI is InChI=1S/C62H44N4S/c1-6-19-42(20-7-1)55-54(56(43-21-8-2-9-22-43)58(46-25-12-4-13-26-46)63-57(55)45-23-10-3-11-24-45)44-35-39-49(40-36-44)62-65-60(47-27-14-5-15-28-47)64-61(66-62)48-37-33-41(34-38-48)50-30-18-31-52-51-29-16-17-32-53(51)67-59(50)52/h1-40,57,60,63H,(H,64,65,66). The van der Waals surface area contributed by atoms with Crippen LogP contribution in [0.2, 0.25) is 0 Å². The number of nitrogens with zero attached hydrogens (tertiary/aromatic N) is 2. The van der Waals surface area contributed by atoms with Crippen LogP contribution >= 0.6 is 11.3 Å². The van der Waals surface area contributed by atoms with Gasteiger partial charge in [0.15, 0.2) is 5.84 Å². The summed E-state index contributed by atoms with van der Waals surface area (Å²) in [5.74, 6) is 1.47. The molecule has 10 aromatic rings. The van der Waals surface area contributed by atoms with Gasteiger partial charge in [-0.1, -0.05) is 237 Å². The van der Waals surface area contributed by atoms with Crippen molar-refractivity contribution in [2.45, 2.75) is 12.2 Å². The Labute approximate surface area is 394 Å². The Morgan fingerprint density at radius 2 is 0.896 bits per heavy atom. The summed E-state index contributed by atoms with van der Waals surface area (Å²) in [4.78, 5) is 10.6. The van der Waals surface area contributed by atoms with E-state index < -0.39 is 0 Å². The summed E-state index contributed by atoms with van der Waals surface area (Å²) in [7, 11) is 0. The number of aliphatic imine (C=N–C) groups is 2. The summed E-state index contributed by atoms with van der Waals surface area (Å²) in [5, 5.41) is 10.4.